The van der Waals surface area contributed by atoms with Crippen LogP contribution in [0.4, 0.5) is 10.5 Å². The van der Waals surface area contributed by atoms with Crippen LogP contribution in [0.25, 0.3) is 12.2 Å². The maximum atomic E-state index is 11.6. The average Bonchev–Trinajstić information content (AvgIpc) is 2.87. The van der Waals surface area contributed by atoms with Gasteiger partial charge in [0.15, 0.2) is 0 Å². The van der Waals surface area contributed by atoms with Crippen molar-refractivity contribution in [2.45, 2.75) is 29.7 Å². The number of fused-ring (bicyclic) bond motifs is 3. The van der Waals surface area contributed by atoms with E-state index in [-0.39, 0.29) is 5.92 Å². The standard InChI is InChI=1S/C23H24N2O2S/c26-23(27)24-11-9-20-19(15-24)18-13-17(8-7-16-5-2-1-3-6-16)14-21-22(18)25(20)10-4-12-28-21/h1-3,5-8,13-14,19-20H,4,9-12,15H2,(H,26,27)/b8-7+/t19-,20-/m0/s1. The molecule has 5 heteroatoms. The normalized spacial score (nSPS) is 23.4. The highest BCUT2D eigenvalue weighted by atomic mass is 32.2. The molecule has 0 unspecified atom stereocenters. The van der Waals surface area contributed by atoms with E-state index in [2.05, 4.69) is 53.5 Å². The van der Waals surface area contributed by atoms with E-state index in [9.17, 15) is 9.90 Å². The Morgan fingerprint density at radius 1 is 1.11 bits per heavy atom. The van der Waals surface area contributed by atoms with Crippen LogP contribution in [0.1, 0.15) is 35.4 Å². The number of carboxylic acid groups (broad SMARTS) is 1. The minimum Gasteiger partial charge on any atom is -0.465 e. The van der Waals surface area contributed by atoms with Crippen molar-refractivity contribution < 1.29 is 9.90 Å². The van der Waals surface area contributed by atoms with E-state index < -0.39 is 6.09 Å². The van der Waals surface area contributed by atoms with Crippen molar-refractivity contribution in [1.29, 1.82) is 0 Å². The quantitative estimate of drug-likeness (QED) is 0.730. The van der Waals surface area contributed by atoms with Gasteiger partial charge in [-0.3, -0.25) is 0 Å². The summed E-state index contributed by atoms with van der Waals surface area (Å²) in [5, 5.41) is 9.50. The zero-order valence-corrected chi connectivity index (χ0v) is 16.6. The Morgan fingerprint density at radius 3 is 2.75 bits per heavy atom. The summed E-state index contributed by atoms with van der Waals surface area (Å²) in [6.45, 7) is 2.34. The van der Waals surface area contributed by atoms with E-state index in [1.54, 1.807) is 4.90 Å². The van der Waals surface area contributed by atoms with Crippen molar-refractivity contribution in [3.05, 3.63) is 59.2 Å². The lowest BCUT2D eigenvalue weighted by Crippen LogP contribution is -2.48. The van der Waals surface area contributed by atoms with Gasteiger partial charge in [0.25, 0.3) is 0 Å². The number of likely N-dealkylation sites (tertiary alicyclic amines) is 1. The third-order valence-electron chi connectivity index (χ3n) is 6.13. The molecule has 2 atom stereocenters. The zero-order chi connectivity index (χ0) is 19.1. The van der Waals surface area contributed by atoms with Gasteiger partial charge < -0.3 is 14.9 Å². The molecule has 1 N–H and O–H groups in total. The van der Waals surface area contributed by atoms with E-state index in [1.165, 1.54) is 33.7 Å². The number of amides is 1. The Balaban J connectivity index is 1.54. The molecule has 3 aliphatic heterocycles. The molecule has 0 aromatic heterocycles. The molecule has 0 spiro atoms. The second kappa shape index (κ2) is 7.21. The first-order valence-corrected chi connectivity index (χ1v) is 11.0. The molecule has 2 aromatic rings. The maximum absolute atomic E-state index is 11.6. The fraction of sp³-hybridized carbons (Fsp3) is 0.348. The molecular weight excluding hydrogens is 368 g/mol. The molecular formula is C23H24N2O2S. The Morgan fingerprint density at radius 2 is 1.93 bits per heavy atom. The Kier molecular flexibility index (Phi) is 4.55. The van der Waals surface area contributed by atoms with E-state index in [0.717, 1.165) is 18.7 Å². The average molecular weight is 393 g/mol. The Hall–Kier alpha value is -2.40. The highest BCUT2D eigenvalue weighted by Gasteiger charge is 2.44. The molecule has 28 heavy (non-hydrogen) atoms. The third kappa shape index (κ3) is 3.08. The number of benzene rings is 2. The SMILES string of the molecule is O=C(O)N1CC[C@H]2[C@@H](C1)c1cc(/C=C/c3ccccc3)cc3c1N2CCCS3. The molecule has 3 heterocycles. The summed E-state index contributed by atoms with van der Waals surface area (Å²) in [4.78, 5) is 17.1. The summed E-state index contributed by atoms with van der Waals surface area (Å²) >= 11 is 1.95. The molecule has 0 radical (unpaired) electrons. The van der Waals surface area contributed by atoms with Gasteiger partial charge in [-0.15, -0.1) is 11.8 Å². The van der Waals surface area contributed by atoms with Crippen LogP contribution >= 0.6 is 11.8 Å². The fourth-order valence-electron chi connectivity index (χ4n) is 4.86. The summed E-state index contributed by atoms with van der Waals surface area (Å²) in [7, 11) is 0. The summed E-state index contributed by atoms with van der Waals surface area (Å²) in [6.07, 6.45) is 5.66. The van der Waals surface area contributed by atoms with Crippen LogP contribution in [0.3, 0.4) is 0 Å². The van der Waals surface area contributed by atoms with Crippen molar-refractivity contribution >= 4 is 35.7 Å². The lowest BCUT2D eigenvalue weighted by atomic mass is 9.88. The van der Waals surface area contributed by atoms with Gasteiger partial charge >= 0.3 is 6.09 Å². The van der Waals surface area contributed by atoms with Crippen LogP contribution < -0.4 is 4.90 Å². The number of thioether (sulfide) groups is 1. The first kappa shape index (κ1) is 17.7. The number of piperidine rings is 1. The van der Waals surface area contributed by atoms with Crippen molar-refractivity contribution in [2.75, 3.05) is 30.3 Å². The number of carbonyl (C=O) groups is 1. The summed E-state index contributed by atoms with van der Waals surface area (Å²) in [5.41, 5.74) is 5.12. The number of rotatable bonds is 2. The minimum absolute atomic E-state index is 0.280. The van der Waals surface area contributed by atoms with E-state index in [1.807, 2.05) is 17.8 Å². The highest BCUT2D eigenvalue weighted by Crippen LogP contribution is 2.51. The van der Waals surface area contributed by atoms with Gasteiger partial charge in [0, 0.05) is 36.5 Å². The summed E-state index contributed by atoms with van der Waals surface area (Å²) < 4.78 is 0. The second-order valence-corrected chi connectivity index (χ2v) is 8.92. The predicted octanol–water partition coefficient (Wildman–Crippen LogP) is 5.01. The number of nitrogens with zero attached hydrogens (tertiary/aromatic N) is 2. The molecule has 0 aliphatic carbocycles. The van der Waals surface area contributed by atoms with Crippen LogP contribution in [0.5, 0.6) is 0 Å². The summed E-state index contributed by atoms with van der Waals surface area (Å²) in [6, 6.07) is 15.4. The van der Waals surface area contributed by atoms with E-state index >= 15 is 0 Å². The largest absolute Gasteiger partial charge is 0.465 e. The zero-order valence-electron chi connectivity index (χ0n) is 15.8. The lowest BCUT2D eigenvalue weighted by Gasteiger charge is -2.37. The molecule has 1 amide bonds. The van der Waals surface area contributed by atoms with Crippen LogP contribution in [-0.2, 0) is 0 Å². The maximum Gasteiger partial charge on any atom is 0.407 e. The smallest absolute Gasteiger partial charge is 0.407 e. The molecule has 2 aromatic carbocycles. The van der Waals surface area contributed by atoms with E-state index in [0.29, 0.717) is 19.1 Å². The van der Waals surface area contributed by atoms with E-state index in [4.69, 9.17) is 0 Å². The van der Waals surface area contributed by atoms with Crippen LogP contribution in [0.2, 0.25) is 0 Å². The van der Waals surface area contributed by atoms with Crippen molar-refractivity contribution in [3.63, 3.8) is 0 Å². The van der Waals surface area contributed by atoms with Gasteiger partial charge in [0.2, 0.25) is 0 Å². The van der Waals surface area contributed by atoms with Crippen LogP contribution in [0.15, 0.2) is 47.4 Å². The molecule has 144 valence electrons. The number of anilines is 1. The molecule has 3 aliphatic rings. The monoisotopic (exact) mass is 392 g/mol. The highest BCUT2D eigenvalue weighted by molar-refractivity contribution is 7.99. The Bertz CT molecular complexity index is 928. The van der Waals surface area contributed by atoms with Gasteiger partial charge in [-0.1, -0.05) is 42.5 Å². The fourth-order valence-corrected chi connectivity index (χ4v) is 5.94. The van der Waals surface area contributed by atoms with Crippen molar-refractivity contribution in [3.8, 4) is 0 Å². The predicted molar refractivity (Wildman–Crippen MR) is 115 cm³/mol. The number of hydrogen-bond donors (Lipinski definition) is 1. The molecule has 4 nitrogen and oxygen atoms in total. The van der Waals surface area contributed by atoms with Gasteiger partial charge in [-0.05, 0) is 47.4 Å². The minimum atomic E-state index is -0.791. The van der Waals surface area contributed by atoms with Crippen LogP contribution in [-0.4, -0.2) is 47.5 Å². The van der Waals surface area contributed by atoms with Crippen molar-refractivity contribution in [2.24, 2.45) is 0 Å². The first-order valence-electron chi connectivity index (χ1n) is 9.99. The first-order chi connectivity index (χ1) is 13.7. The number of hydrogen-bond acceptors (Lipinski definition) is 3. The van der Waals surface area contributed by atoms with Crippen LogP contribution in [0, 0.1) is 0 Å². The molecule has 1 saturated heterocycles. The van der Waals surface area contributed by atoms with Crippen molar-refractivity contribution in [1.82, 2.24) is 4.90 Å². The summed E-state index contributed by atoms with van der Waals surface area (Å²) in [5.74, 6) is 1.43. The van der Waals surface area contributed by atoms with Gasteiger partial charge in [0.1, 0.15) is 0 Å². The Labute approximate surface area is 169 Å². The lowest BCUT2D eigenvalue weighted by molar-refractivity contribution is 0.127. The topological polar surface area (TPSA) is 43.8 Å². The molecule has 1 fully saturated rings. The second-order valence-electron chi connectivity index (χ2n) is 7.79. The van der Waals surface area contributed by atoms with Gasteiger partial charge in [-0.25, -0.2) is 4.79 Å². The molecule has 5 rings (SSSR count). The van der Waals surface area contributed by atoms with Gasteiger partial charge in [0.05, 0.1) is 5.69 Å². The molecule has 0 bridgehead atoms. The van der Waals surface area contributed by atoms with Gasteiger partial charge in [-0.2, -0.15) is 0 Å². The third-order valence-corrected chi connectivity index (χ3v) is 7.24. The molecule has 0 saturated carbocycles.